The summed E-state index contributed by atoms with van der Waals surface area (Å²) in [5, 5.41) is 81.4. The van der Waals surface area contributed by atoms with Gasteiger partial charge in [-0.25, -0.2) is 0 Å². The molecule has 0 spiro atoms. The van der Waals surface area contributed by atoms with Gasteiger partial charge in [-0.05, 0) is 57.4 Å². The summed E-state index contributed by atoms with van der Waals surface area (Å²) in [7, 11) is 0. The van der Waals surface area contributed by atoms with Gasteiger partial charge in [0.25, 0.3) is 0 Å². The number of hydrogen-bond acceptors (Lipinski definition) is 16. The van der Waals surface area contributed by atoms with Gasteiger partial charge in [-0.15, -0.1) is 0 Å². The molecule has 29 heteroatoms. The van der Waals surface area contributed by atoms with E-state index >= 15 is 0 Å². The van der Waals surface area contributed by atoms with Crippen LogP contribution in [0, 0.1) is 0 Å². The predicted octanol–water partition coefficient (Wildman–Crippen LogP) is -7.68. The molecule has 3 unspecified atom stereocenters. The molecule has 1 amide bonds. The third kappa shape index (κ3) is 75.8. The molecule has 0 rings (SSSR count). The van der Waals surface area contributed by atoms with Crippen molar-refractivity contribution in [2.24, 2.45) is 34.4 Å². The van der Waals surface area contributed by atoms with Gasteiger partial charge in [0.05, 0.1) is 0 Å². The maximum absolute atomic E-state index is 10.2. The van der Waals surface area contributed by atoms with E-state index in [9.17, 15) is 52.7 Å². The van der Waals surface area contributed by atoms with Gasteiger partial charge in [0, 0.05) is 32.1 Å². The minimum absolute atomic E-state index is 0. The predicted molar refractivity (Wildman–Crippen MR) is 212 cm³/mol. The molecule has 5 atom stereocenters. The molecule has 0 aromatic carbocycles. The van der Waals surface area contributed by atoms with Crippen LogP contribution in [0.4, 0.5) is 0 Å². The minimum Gasteiger partial charge on any atom is -1.00 e. The molecular formula is C34H62KN6NaO21. The van der Waals surface area contributed by atoms with Crippen LogP contribution in [0.5, 0.6) is 0 Å². The van der Waals surface area contributed by atoms with Crippen LogP contribution in [0.15, 0.2) is 24.3 Å². The first kappa shape index (κ1) is 76.4. The molecule has 0 aromatic rings. The Morgan fingerprint density at radius 2 is 0.603 bits per heavy atom. The molecule has 0 fully saturated rings. The number of unbranched alkanes of at least 4 members (excludes halogenated alkanes) is 1. The van der Waals surface area contributed by atoms with Gasteiger partial charge >= 0.3 is 141 Å². The summed E-state index contributed by atoms with van der Waals surface area (Å²) in [5.41, 5.74) is 29.9. The standard InChI is InChI=1S/C9H15NO.5C5H9NO4.K.Na.2H/c1-2-3-4-5-6-7-8-9(10)11;5*6-3(5(9)10)1-2-4(7)8;;;;/h3-4,7-8H,2,5-6H2,1H3,(H2,10,11);5*3H,1-2,6H2,(H,7,8)(H,9,10);;;;/q;;;;;;2*+1;2*-1/b4-3-,8-7-;;;;;;;;;/t;2*3-;;;;;;;/m.00......./s1. The molecule has 63 heavy (non-hydrogen) atoms. The van der Waals surface area contributed by atoms with Crippen molar-refractivity contribution in [2.75, 3.05) is 0 Å². The van der Waals surface area contributed by atoms with Crippen LogP contribution in [0.25, 0.3) is 0 Å². The average molecular weight is 953 g/mol. The molecule has 356 valence electrons. The van der Waals surface area contributed by atoms with E-state index in [-0.39, 0.29) is 154 Å². The van der Waals surface area contributed by atoms with Gasteiger partial charge in [-0.1, -0.05) is 25.2 Å². The number of rotatable bonds is 25. The number of carboxylic acids is 10. The zero-order chi connectivity index (χ0) is 49.3. The summed E-state index contributed by atoms with van der Waals surface area (Å²) >= 11 is 0. The second-order valence-corrected chi connectivity index (χ2v) is 11.6. The fourth-order valence-electron chi connectivity index (χ4n) is 2.69. The summed E-state index contributed by atoms with van der Waals surface area (Å²) in [4.78, 5) is 110. The van der Waals surface area contributed by atoms with Gasteiger partial charge in [-0.3, -0.25) is 52.7 Å². The van der Waals surface area contributed by atoms with Gasteiger partial charge in [0.15, 0.2) is 0 Å². The average Bonchev–Trinajstić information content (AvgIpc) is 3.15. The van der Waals surface area contributed by atoms with Gasteiger partial charge < -0.3 is 88.3 Å². The van der Waals surface area contributed by atoms with Crippen molar-refractivity contribution in [3.05, 3.63) is 24.3 Å². The van der Waals surface area contributed by atoms with Crippen molar-refractivity contribution in [3.63, 3.8) is 0 Å². The first-order valence-electron chi connectivity index (χ1n) is 17.6. The number of nitrogens with two attached hydrogens (primary N) is 6. The molecule has 0 bridgehead atoms. The van der Waals surface area contributed by atoms with Crippen molar-refractivity contribution < 1.29 is 188 Å². The van der Waals surface area contributed by atoms with Crippen molar-refractivity contribution in [2.45, 2.75) is 121 Å². The number of primary amides is 1. The van der Waals surface area contributed by atoms with Crippen molar-refractivity contribution in [3.8, 4) is 0 Å². The van der Waals surface area contributed by atoms with E-state index in [4.69, 9.17) is 85.5 Å². The Morgan fingerprint density at radius 1 is 0.413 bits per heavy atom. The van der Waals surface area contributed by atoms with Crippen LogP contribution in [-0.2, 0) is 52.7 Å². The largest absolute Gasteiger partial charge is 1.00 e. The Bertz CT molecular complexity index is 1250. The second kappa shape index (κ2) is 50.7. The molecule has 22 N–H and O–H groups in total. The number of aliphatic carboxylic acids is 10. The van der Waals surface area contributed by atoms with E-state index in [0.717, 1.165) is 19.3 Å². The number of hydrogen-bond donors (Lipinski definition) is 16. The fourth-order valence-corrected chi connectivity index (χ4v) is 2.69. The number of amides is 1. The molecule has 0 aliphatic carbocycles. The first-order chi connectivity index (χ1) is 28.0. The van der Waals surface area contributed by atoms with E-state index in [1.807, 2.05) is 0 Å². The van der Waals surface area contributed by atoms with Crippen LogP contribution in [-0.4, -0.2) is 147 Å². The molecule has 0 saturated carbocycles. The molecule has 0 saturated heterocycles. The van der Waals surface area contributed by atoms with Gasteiger partial charge in [0.2, 0.25) is 5.91 Å². The third-order valence-electron chi connectivity index (χ3n) is 6.12. The van der Waals surface area contributed by atoms with E-state index in [1.165, 1.54) is 6.08 Å². The van der Waals surface area contributed by atoms with Crippen LogP contribution in [0.2, 0.25) is 0 Å². The molecule has 0 aromatic heterocycles. The van der Waals surface area contributed by atoms with Crippen LogP contribution >= 0.6 is 0 Å². The van der Waals surface area contributed by atoms with Crippen molar-refractivity contribution >= 4 is 65.6 Å². The molecule has 0 radical (unpaired) electrons. The number of carbonyl (C=O) groups is 11. The topological polar surface area (TPSA) is 546 Å². The summed E-state index contributed by atoms with van der Waals surface area (Å²) in [6.45, 7) is 2.09. The van der Waals surface area contributed by atoms with E-state index in [2.05, 4.69) is 19.1 Å². The summed E-state index contributed by atoms with van der Waals surface area (Å²) in [6.07, 6.45) is 9.23. The zero-order valence-electron chi connectivity index (χ0n) is 37.3. The Balaban J connectivity index is -0.0000000690. The molecule has 0 aliphatic rings. The van der Waals surface area contributed by atoms with Gasteiger partial charge in [-0.2, -0.15) is 0 Å². The first-order valence-corrected chi connectivity index (χ1v) is 17.6. The Labute approximate surface area is 428 Å². The minimum atomic E-state index is -1.17. The molecule has 27 nitrogen and oxygen atoms in total. The number of carbonyl (C=O) groups excluding carboxylic acids is 1. The van der Waals surface area contributed by atoms with Crippen LogP contribution in [0.3, 0.4) is 0 Å². The fraction of sp³-hybridized carbons (Fsp3) is 0.559. The zero-order valence-corrected chi connectivity index (χ0v) is 40.4. The molecule has 0 aliphatic heterocycles. The Hall–Kier alpha value is -3.91. The molecular weight excluding hydrogens is 890 g/mol. The SMILES string of the molecule is CC/C=C\CC/C=C\C(N)=O.NC(CCC(=O)O)C(=O)O.NC(CCC(=O)O)C(=O)O.NC(CCC(=O)O)C(=O)O.N[C@@H](CCC(=O)O)C(=O)O.N[C@@H](CCC(=O)O)C(=O)O.[H-].[H-].[K+].[Na+]. The smallest absolute Gasteiger partial charge is 1.00 e. The summed E-state index contributed by atoms with van der Waals surface area (Å²) in [6, 6.07) is -5.30. The maximum Gasteiger partial charge on any atom is 1.00 e. The van der Waals surface area contributed by atoms with Gasteiger partial charge in [0.1, 0.15) is 30.2 Å². The third-order valence-corrected chi connectivity index (χ3v) is 6.12. The monoisotopic (exact) mass is 952 g/mol. The van der Waals surface area contributed by atoms with E-state index in [0.29, 0.717) is 0 Å². The van der Waals surface area contributed by atoms with Crippen molar-refractivity contribution in [1.82, 2.24) is 0 Å². The number of allylic oxidation sites excluding steroid dienone is 3. The van der Waals surface area contributed by atoms with Crippen molar-refractivity contribution in [1.29, 1.82) is 0 Å². The summed E-state index contributed by atoms with van der Waals surface area (Å²) in [5.74, 6) is -11.4. The Kier molecular flexibility index (Phi) is 61.5. The number of carboxylic acid groups (broad SMARTS) is 10. The Morgan fingerprint density at radius 3 is 0.746 bits per heavy atom. The van der Waals surface area contributed by atoms with Crippen LogP contribution in [0.1, 0.15) is 93.2 Å². The molecule has 0 heterocycles. The summed E-state index contributed by atoms with van der Waals surface area (Å²) < 4.78 is 0. The maximum atomic E-state index is 10.2. The quantitative estimate of drug-likeness (QED) is 0.0175. The second-order valence-electron chi connectivity index (χ2n) is 11.6. The van der Waals surface area contributed by atoms with E-state index < -0.39 is 89.9 Å². The van der Waals surface area contributed by atoms with E-state index in [1.54, 1.807) is 6.08 Å². The normalized spacial score (nSPS) is 11.9. The van der Waals surface area contributed by atoms with Crippen LogP contribution < -0.4 is 115 Å².